The number of nitrogen functional groups attached to an aromatic ring is 4. The molecule has 0 spiro atoms. The van der Waals surface area contributed by atoms with Crippen molar-refractivity contribution in [1.29, 1.82) is 0 Å². The van der Waals surface area contributed by atoms with Crippen LogP contribution in [0.15, 0.2) is 72.8 Å². The molecular formula is C32H24GeN12O2. The van der Waals surface area contributed by atoms with Crippen LogP contribution in [0.25, 0.3) is 89.7 Å². The van der Waals surface area contributed by atoms with Crippen LogP contribution in [0.2, 0.25) is 0 Å². The number of anilines is 4. The summed E-state index contributed by atoms with van der Waals surface area (Å²) in [7, 11) is 0. The summed E-state index contributed by atoms with van der Waals surface area (Å²) in [5.74, 6) is 1.88. The van der Waals surface area contributed by atoms with E-state index in [2.05, 4.69) is 9.97 Å². The number of fused-ring (bicyclic) bond motifs is 20. The van der Waals surface area contributed by atoms with Gasteiger partial charge < -0.3 is 43.9 Å². The Bertz CT molecular complexity index is 2410. The third-order valence-corrected chi connectivity index (χ3v) is 8.16. The van der Waals surface area contributed by atoms with E-state index in [0.29, 0.717) is 56.7 Å². The van der Waals surface area contributed by atoms with Gasteiger partial charge in [-0.05, 0) is 0 Å². The third kappa shape index (κ3) is 4.34. The van der Waals surface area contributed by atoms with Gasteiger partial charge in [0.15, 0.2) is 23.3 Å². The van der Waals surface area contributed by atoms with Gasteiger partial charge >= 0.3 is 17.6 Å². The van der Waals surface area contributed by atoms with Crippen LogP contribution >= 0.6 is 0 Å². The van der Waals surface area contributed by atoms with Gasteiger partial charge in [-0.3, -0.25) is 0 Å². The first-order valence-electron chi connectivity index (χ1n) is 13.8. The molecular weight excluding hydrogens is 657 g/mol. The van der Waals surface area contributed by atoms with Crippen molar-refractivity contribution in [3.63, 3.8) is 0 Å². The van der Waals surface area contributed by atoms with Crippen molar-refractivity contribution in [2.45, 2.75) is 0 Å². The monoisotopic (exact) mass is 682 g/mol. The van der Waals surface area contributed by atoms with Gasteiger partial charge in [0.25, 0.3) is 0 Å². The number of nitrogens with two attached hydrogens (primary N) is 4. The minimum Gasteiger partial charge on any atom is -0.870 e. The predicted octanol–water partition coefficient (Wildman–Crippen LogP) is 4.46. The topological polar surface area (TPSA) is 273 Å². The molecule has 3 aromatic heterocycles. The summed E-state index contributed by atoms with van der Waals surface area (Å²) < 4.78 is 0. The fourth-order valence-electron chi connectivity index (χ4n) is 6.00. The van der Waals surface area contributed by atoms with E-state index < -0.39 is 0 Å². The number of hydrogen-bond donors (Lipinski definition) is 6. The molecule has 0 saturated heterocycles. The molecule has 0 fully saturated rings. The van der Waals surface area contributed by atoms with Crippen molar-refractivity contribution in [1.82, 2.24) is 39.9 Å². The van der Waals surface area contributed by atoms with E-state index >= 15 is 0 Å². The number of rotatable bonds is 0. The van der Waals surface area contributed by atoms with E-state index in [1.807, 2.05) is 72.8 Å². The number of nitrogens with one attached hydrogen (secondary N) is 2. The molecule has 2 aliphatic heterocycles. The zero-order valence-electron chi connectivity index (χ0n) is 24.3. The molecule has 4 aromatic carbocycles. The molecule has 12 N–H and O–H groups in total. The Kier molecular flexibility index (Phi) is 7.27. The Labute approximate surface area is 275 Å². The van der Waals surface area contributed by atoms with E-state index in [1.54, 1.807) is 0 Å². The fraction of sp³-hybridized carbons (Fsp3) is 0. The van der Waals surface area contributed by atoms with Crippen LogP contribution in [0.1, 0.15) is 0 Å². The summed E-state index contributed by atoms with van der Waals surface area (Å²) in [5, 5.41) is 2.78. The second kappa shape index (κ2) is 11.1. The van der Waals surface area contributed by atoms with Gasteiger partial charge in [-0.2, -0.15) is 0 Å². The van der Waals surface area contributed by atoms with E-state index in [4.69, 9.17) is 52.8 Å². The molecule has 15 heteroatoms. The van der Waals surface area contributed by atoms with E-state index in [1.165, 1.54) is 0 Å². The maximum atomic E-state index is 6.56. The van der Waals surface area contributed by atoms with Gasteiger partial charge in [-0.25, -0.2) is 29.9 Å². The van der Waals surface area contributed by atoms with Gasteiger partial charge in [0.05, 0.1) is 33.5 Å². The Hall–Kier alpha value is -6.10. The molecule has 14 nitrogen and oxygen atoms in total. The Morgan fingerprint density at radius 3 is 1.04 bits per heavy atom. The molecule has 0 unspecified atom stereocenters. The third-order valence-electron chi connectivity index (χ3n) is 8.16. The molecule has 47 heavy (non-hydrogen) atoms. The molecule has 228 valence electrons. The molecule has 7 aromatic rings. The molecule has 8 bridgehead atoms. The number of H-pyrrole nitrogens is 2. The first kappa shape index (κ1) is 30.9. The summed E-state index contributed by atoms with van der Waals surface area (Å²) in [6.45, 7) is 0. The standard InChI is InChI=1S/C32H22N12.Ge.2H2O/c33-21-19-20(22(34)24(36)23(21)35)32-43-30-18-12-6-4-10-16(18)28(41-30)39-26-14-8-2-1-7-13(14)25(37-26)38-27-15-9-3-5-11-17(15)29(40-27)42-31(19)44-32;;;/h1-12H,33-36H2,(H2,37,38,39,40,41,42,43,44);;2*1H2/q;+2;;/p-2. The molecule has 2 aliphatic rings. The van der Waals surface area contributed by atoms with Gasteiger partial charge in [0.2, 0.25) is 0 Å². The van der Waals surface area contributed by atoms with Crippen LogP contribution in [0.5, 0.6) is 0 Å². The zero-order chi connectivity index (χ0) is 29.7. The first-order valence-corrected chi connectivity index (χ1v) is 13.8. The maximum absolute atomic E-state index is 6.56. The number of benzene rings is 4. The minimum atomic E-state index is 0. The molecule has 0 atom stereocenters. The van der Waals surface area contributed by atoms with Gasteiger partial charge in [0, 0.05) is 33.0 Å². The van der Waals surface area contributed by atoms with E-state index in [-0.39, 0.29) is 51.3 Å². The SMILES string of the molecule is Nc1c(N)c(N)c2c3nc4nc(nc5[nH]c(nc6nc(nc([nH]3)c2c1N)-c1ccccc1-6)c1ccccc51)-c1ccccc1-4.[Ge+2].[OH-].[OH-]. The van der Waals surface area contributed by atoms with E-state index in [0.717, 1.165) is 33.0 Å². The number of aromatic nitrogens is 8. The zero-order valence-corrected chi connectivity index (χ0v) is 26.4. The normalized spacial score (nSPS) is 11.2. The largest absolute Gasteiger partial charge is 2.00 e. The number of aromatic amines is 2. The maximum Gasteiger partial charge on any atom is 2.00 e. The van der Waals surface area contributed by atoms with E-state index in [9.17, 15) is 0 Å². The second-order valence-corrected chi connectivity index (χ2v) is 10.7. The summed E-state index contributed by atoms with van der Waals surface area (Å²) in [4.78, 5) is 36.4. The van der Waals surface area contributed by atoms with Crippen molar-refractivity contribution in [2.24, 2.45) is 0 Å². The fourth-order valence-corrected chi connectivity index (χ4v) is 6.00. The van der Waals surface area contributed by atoms with Crippen LogP contribution < -0.4 is 22.9 Å². The summed E-state index contributed by atoms with van der Waals surface area (Å²) in [6, 6.07) is 23.5. The van der Waals surface area contributed by atoms with Crippen LogP contribution in [0.4, 0.5) is 22.7 Å². The van der Waals surface area contributed by atoms with Crippen molar-refractivity contribution in [3.05, 3.63) is 72.8 Å². The Morgan fingerprint density at radius 1 is 0.383 bits per heavy atom. The molecule has 2 radical (unpaired) electrons. The summed E-state index contributed by atoms with van der Waals surface area (Å²) in [6.07, 6.45) is 0. The molecule has 0 amide bonds. The van der Waals surface area contributed by atoms with Crippen LogP contribution in [0, 0.1) is 0 Å². The predicted molar refractivity (Wildman–Crippen MR) is 183 cm³/mol. The van der Waals surface area contributed by atoms with Gasteiger partial charge in [-0.1, -0.05) is 72.8 Å². The Morgan fingerprint density at radius 2 is 0.681 bits per heavy atom. The van der Waals surface area contributed by atoms with Gasteiger partial charge in [-0.15, -0.1) is 0 Å². The summed E-state index contributed by atoms with van der Waals surface area (Å²) in [5.41, 5.74) is 31.8. The van der Waals surface area contributed by atoms with Crippen LogP contribution in [-0.2, 0) is 0 Å². The number of nitrogens with zero attached hydrogens (tertiary/aromatic N) is 6. The van der Waals surface area contributed by atoms with Crippen LogP contribution in [0.3, 0.4) is 0 Å². The van der Waals surface area contributed by atoms with Crippen molar-refractivity contribution in [3.8, 4) is 45.6 Å². The summed E-state index contributed by atoms with van der Waals surface area (Å²) >= 11 is 0. The molecule has 9 rings (SSSR count). The van der Waals surface area contributed by atoms with Crippen molar-refractivity contribution >= 4 is 84.5 Å². The van der Waals surface area contributed by atoms with Crippen molar-refractivity contribution in [2.75, 3.05) is 22.9 Å². The smallest absolute Gasteiger partial charge is 0.870 e. The molecule has 0 aliphatic carbocycles. The van der Waals surface area contributed by atoms with Gasteiger partial charge in [0.1, 0.15) is 22.6 Å². The average molecular weight is 681 g/mol. The Balaban J connectivity index is 0.00000129. The molecule has 0 saturated carbocycles. The average Bonchev–Trinajstić information content (AvgIpc) is 3.78. The second-order valence-electron chi connectivity index (χ2n) is 10.7. The first-order chi connectivity index (χ1) is 21.5. The minimum absolute atomic E-state index is 0. The molecule has 5 heterocycles. The van der Waals surface area contributed by atoms with Crippen molar-refractivity contribution < 1.29 is 11.0 Å². The van der Waals surface area contributed by atoms with Crippen LogP contribution in [-0.4, -0.2) is 68.4 Å². The number of hydrogen-bond acceptors (Lipinski definition) is 12. The quantitative estimate of drug-likeness (QED) is 0.0956.